The molecule has 3 N–H and O–H groups in total. The van der Waals surface area contributed by atoms with Crippen molar-refractivity contribution >= 4 is 23.7 Å². The van der Waals surface area contributed by atoms with Crippen LogP contribution in [0.25, 0.3) is 0 Å². The molecule has 0 aromatic heterocycles. The number of rotatable bonds is 5. The van der Waals surface area contributed by atoms with E-state index in [1.54, 1.807) is 35.2 Å². The summed E-state index contributed by atoms with van der Waals surface area (Å²) in [6.45, 7) is 4.46. The van der Waals surface area contributed by atoms with Crippen LogP contribution in [-0.4, -0.2) is 40.8 Å². The quantitative estimate of drug-likeness (QED) is 0.489. The van der Waals surface area contributed by atoms with Gasteiger partial charge in [-0.3, -0.25) is 19.3 Å². The van der Waals surface area contributed by atoms with E-state index in [0.29, 0.717) is 42.1 Å². The Balaban J connectivity index is 1.43. The fourth-order valence-corrected chi connectivity index (χ4v) is 5.28. The Morgan fingerprint density at radius 2 is 1.92 bits per heavy atom. The standard InChI is InChI=1S/C27H30N4O5/c1-3-27(4-2)15-23(32)31(26(28)30-27)20-11-12-35-21-10-9-16(13-18(20)21)25(34)29-19-14-24(33)36-22-8-6-5-7-17(19)22/h5-10,13,19-20H,3-4,11-12,14-15H2,1-2H3,(H2,28,30)(H,29,34)/t19?,20-/m1/s1. The van der Waals surface area contributed by atoms with E-state index in [0.717, 1.165) is 18.4 Å². The highest BCUT2D eigenvalue weighted by Crippen LogP contribution is 2.40. The maximum Gasteiger partial charge on any atom is 0.313 e. The van der Waals surface area contributed by atoms with Gasteiger partial charge in [-0.15, -0.1) is 0 Å². The number of carbonyl (C=O) groups excluding carboxylic acids is 3. The maximum absolute atomic E-state index is 13.3. The van der Waals surface area contributed by atoms with E-state index in [4.69, 9.17) is 20.2 Å². The summed E-state index contributed by atoms with van der Waals surface area (Å²) in [6, 6.07) is 11.4. The van der Waals surface area contributed by atoms with Crippen molar-refractivity contribution in [1.82, 2.24) is 10.2 Å². The molecule has 9 heteroatoms. The van der Waals surface area contributed by atoms with Crippen LogP contribution in [0.5, 0.6) is 11.5 Å². The zero-order valence-corrected chi connectivity index (χ0v) is 20.5. The summed E-state index contributed by atoms with van der Waals surface area (Å²) in [5.74, 6) is 0.464. The second-order valence-corrected chi connectivity index (χ2v) is 9.49. The summed E-state index contributed by atoms with van der Waals surface area (Å²) in [4.78, 5) is 44.9. The maximum atomic E-state index is 13.3. The first kappa shape index (κ1) is 23.8. The van der Waals surface area contributed by atoms with Gasteiger partial charge in [-0.05, 0) is 37.1 Å². The first-order valence-electron chi connectivity index (χ1n) is 12.4. The number of hydrogen-bond acceptors (Lipinski definition) is 7. The summed E-state index contributed by atoms with van der Waals surface area (Å²) < 4.78 is 11.1. The second-order valence-electron chi connectivity index (χ2n) is 9.49. The molecule has 0 fully saturated rings. The highest BCUT2D eigenvalue weighted by Gasteiger charge is 2.42. The van der Waals surface area contributed by atoms with Crippen LogP contribution in [0.15, 0.2) is 47.5 Å². The molecule has 5 rings (SSSR count). The van der Waals surface area contributed by atoms with Crippen molar-refractivity contribution < 1.29 is 23.9 Å². The van der Waals surface area contributed by atoms with Gasteiger partial charge in [0.1, 0.15) is 11.5 Å². The Morgan fingerprint density at radius 3 is 2.67 bits per heavy atom. The van der Waals surface area contributed by atoms with Crippen molar-refractivity contribution in [2.24, 2.45) is 10.7 Å². The smallest absolute Gasteiger partial charge is 0.313 e. The zero-order chi connectivity index (χ0) is 25.4. The molecule has 3 aliphatic rings. The molecule has 2 aromatic carbocycles. The molecule has 188 valence electrons. The van der Waals surface area contributed by atoms with E-state index in [1.165, 1.54) is 0 Å². The van der Waals surface area contributed by atoms with E-state index in [-0.39, 0.29) is 30.2 Å². The van der Waals surface area contributed by atoms with Crippen LogP contribution in [0.4, 0.5) is 0 Å². The molecule has 1 unspecified atom stereocenters. The van der Waals surface area contributed by atoms with Gasteiger partial charge in [0.25, 0.3) is 5.91 Å². The SMILES string of the molecule is CCC1(CC)CC(=O)N([C@@H]2CCOc3ccc(C(=O)NC4CC(=O)Oc5ccccc54)cc32)C(N)=N1. The number of aliphatic imine (C=N–C) groups is 1. The van der Waals surface area contributed by atoms with E-state index in [2.05, 4.69) is 5.32 Å². The molecule has 3 aliphatic heterocycles. The third-order valence-electron chi connectivity index (χ3n) is 7.45. The van der Waals surface area contributed by atoms with Crippen LogP contribution < -0.4 is 20.5 Å². The van der Waals surface area contributed by atoms with Gasteiger partial charge in [-0.25, -0.2) is 4.99 Å². The summed E-state index contributed by atoms with van der Waals surface area (Å²) in [5, 5.41) is 2.96. The monoisotopic (exact) mass is 490 g/mol. The normalized spacial score (nSPS) is 22.5. The van der Waals surface area contributed by atoms with Crippen LogP contribution >= 0.6 is 0 Å². The van der Waals surface area contributed by atoms with Gasteiger partial charge in [0.15, 0.2) is 5.96 Å². The lowest BCUT2D eigenvalue weighted by molar-refractivity contribution is -0.136. The third kappa shape index (κ3) is 4.19. The van der Waals surface area contributed by atoms with Gasteiger partial charge >= 0.3 is 5.97 Å². The molecule has 0 bridgehead atoms. The number of ether oxygens (including phenoxy) is 2. The lowest BCUT2D eigenvalue weighted by Crippen LogP contribution is -2.53. The molecular formula is C27H30N4O5. The van der Waals surface area contributed by atoms with Gasteiger partial charge in [-0.1, -0.05) is 32.0 Å². The lowest BCUT2D eigenvalue weighted by Gasteiger charge is -2.41. The summed E-state index contributed by atoms with van der Waals surface area (Å²) in [5.41, 5.74) is 7.75. The highest BCUT2D eigenvalue weighted by atomic mass is 16.5. The van der Waals surface area contributed by atoms with Crippen molar-refractivity contribution in [3.05, 3.63) is 59.2 Å². The van der Waals surface area contributed by atoms with Gasteiger partial charge < -0.3 is 20.5 Å². The van der Waals surface area contributed by atoms with Crippen molar-refractivity contribution in [3.63, 3.8) is 0 Å². The number of benzene rings is 2. The minimum absolute atomic E-state index is 0.0469. The average Bonchev–Trinajstić information content (AvgIpc) is 2.88. The summed E-state index contributed by atoms with van der Waals surface area (Å²) in [7, 11) is 0. The Bertz CT molecular complexity index is 1250. The Hall–Kier alpha value is -3.88. The van der Waals surface area contributed by atoms with Crippen molar-refractivity contribution in [1.29, 1.82) is 0 Å². The molecule has 0 spiro atoms. The van der Waals surface area contributed by atoms with Crippen molar-refractivity contribution in [2.45, 2.75) is 63.6 Å². The number of para-hydroxylation sites is 1. The molecule has 2 atom stereocenters. The highest BCUT2D eigenvalue weighted by molar-refractivity contribution is 6.00. The third-order valence-corrected chi connectivity index (χ3v) is 7.45. The molecule has 2 aromatic rings. The van der Waals surface area contributed by atoms with Gasteiger partial charge in [-0.2, -0.15) is 0 Å². The van der Waals surface area contributed by atoms with Gasteiger partial charge in [0.2, 0.25) is 5.91 Å². The number of carbonyl (C=O) groups is 3. The van der Waals surface area contributed by atoms with E-state index in [9.17, 15) is 14.4 Å². The Labute approximate surface area is 209 Å². The molecule has 0 saturated heterocycles. The number of fused-ring (bicyclic) bond motifs is 2. The number of guanidine groups is 1. The van der Waals surface area contributed by atoms with Gasteiger partial charge in [0.05, 0.1) is 37.1 Å². The molecule has 0 aliphatic carbocycles. The number of hydrogen-bond donors (Lipinski definition) is 2. The zero-order valence-electron chi connectivity index (χ0n) is 20.5. The van der Waals surface area contributed by atoms with Gasteiger partial charge in [0, 0.05) is 23.1 Å². The van der Waals surface area contributed by atoms with Crippen molar-refractivity contribution in [3.8, 4) is 11.5 Å². The average molecular weight is 491 g/mol. The molecule has 3 heterocycles. The Morgan fingerprint density at radius 1 is 1.14 bits per heavy atom. The first-order chi connectivity index (χ1) is 17.3. The number of nitrogens with one attached hydrogen (secondary N) is 1. The molecule has 36 heavy (non-hydrogen) atoms. The topological polar surface area (TPSA) is 123 Å². The van der Waals surface area contributed by atoms with Crippen LogP contribution in [-0.2, 0) is 9.59 Å². The minimum atomic E-state index is -0.499. The molecular weight excluding hydrogens is 460 g/mol. The van der Waals surface area contributed by atoms with Crippen molar-refractivity contribution in [2.75, 3.05) is 6.61 Å². The molecule has 0 saturated carbocycles. The van der Waals surface area contributed by atoms with Crippen LogP contribution in [0.1, 0.15) is 79.5 Å². The summed E-state index contributed by atoms with van der Waals surface area (Å²) >= 11 is 0. The Kier molecular flexibility index (Phi) is 6.15. The number of nitrogens with zero attached hydrogens (tertiary/aromatic N) is 2. The largest absolute Gasteiger partial charge is 0.493 e. The molecule has 0 radical (unpaired) electrons. The van der Waals surface area contributed by atoms with Crippen LogP contribution in [0, 0.1) is 0 Å². The fraction of sp³-hybridized carbons (Fsp3) is 0.407. The van der Waals surface area contributed by atoms with Crippen LogP contribution in [0.2, 0.25) is 0 Å². The first-order valence-corrected chi connectivity index (χ1v) is 12.4. The number of esters is 1. The van der Waals surface area contributed by atoms with Crippen LogP contribution in [0.3, 0.4) is 0 Å². The van der Waals surface area contributed by atoms with E-state index in [1.807, 2.05) is 26.0 Å². The molecule has 9 nitrogen and oxygen atoms in total. The van der Waals surface area contributed by atoms with E-state index >= 15 is 0 Å². The number of amides is 2. The fourth-order valence-electron chi connectivity index (χ4n) is 5.28. The number of nitrogens with two attached hydrogens (primary N) is 1. The molecule has 2 amide bonds. The predicted molar refractivity (Wildman–Crippen MR) is 133 cm³/mol. The summed E-state index contributed by atoms with van der Waals surface area (Å²) in [6.07, 6.45) is 2.34. The van der Waals surface area contributed by atoms with E-state index < -0.39 is 17.6 Å². The minimum Gasteiger partial charge on any atom is -0.493 e. The second kappa shape index (κ2) is 9.29. The predicted octanol–water partition coefficient (Wildman–Crippen LogP) is 3.40. The lowest BCUT2D eigenvalue weighted by atomic mass is 9.87.